The van der Waals surface area contributed by atoms with Crippen molar-refractivity contribution in [1.82, 2.24) is 9.55 Å². The third-order valence-corrected chi connectivity index (χ3v) is 8.68. The molecule has 0 radical (unpaired) electrons. The molecule has 42 heavy (non-hydrogen) atoms. The summed E-state index contributed by atoms with van der Waals surface area (Å²) in [6.07, 6.45) is 0. The Morgan fingerprint density at radius 2 is 1.24 bits per heavy atom. The molecular formula is C37H31BN2O2. The Hall–Kier alpha value is -4.77. The van der Waals surface area contributed by atoms with Crippen LogP contribution in [0.25, 0.3) is 28.1 Å². The van der Waals surface area contributed by atoms with Crippen LogP contribution in [0.3, 0.4) is 0 Å². The summed E-state index contributed by atoms with van der Waals surface area (Å²) in [5.41, 5.74) is 10.0. The van der Waals surface area contributed by atoms with Gasteiger partial charge in [-0.3, -0.25) is 4.57 Å². The first-order valence-electron chi connectivity index (χ1n) is 14.8. The van der Waals surface area contributed by atoms with E-state index in [1.54, 1.807) is 0 Å². The van der Waals surface area contributed by atoms with Crippen molar-refractivity contribution in [1.29, 1.82) is 0 Å². The first-order chi connectivity index (χ1) is 20.5. The molecule has 0 fully saturated rings. The molecule has 0 atom stereocenters. The molecule has 0 saturated carbocycles. The van der Waals surface area contributed by atoms with E-state index in [0.29, 0.717) is 11.8 Å². The lowest BCUT2D eigenvalue weighted by Gasteiger charge is -2.33. The monoisotopic (exact) mass is 546 g/mol. The van der Waals surface area contributed by atoms with Gasteiger partial charge in [0.25, 0.3) is 6.71 Å². The lowest BCUT2D eigenvalue weighted by molar-refractivity contribution is 0.467. The average molecular weight is 546 g/mol. The van der Waals surface area contributed by atoms with E-state index in [0.717, 1.165) is 61.8 Å². The summed E-state index contributed by atoms with van der Waals surface area (Å²) in [7, 11) is 0. The Bertz CT molecular complexity index is 1970. The van der Waals surface area contributed by atoms with Gasteiger partial charge >= 0.3 is 0 Å². The number of hydrogen-bond donors (Lipinski definition) is 0. The fourth-order valence-corrected chi connectivity index (χ4v) is 6.76. The van der Waals surface area contributed by atoms with Crippen LogP contribution >= 0.6 is 0 Å². The van der Waals surface area contributed by atoms with E-state index in [2.05, 4.69) is 123 Å². The number of imidazole rings is 1. The van der Waals surface area contributed by atoms with Gasteiger partial charge in [0.15, 0.2) is 5.75 Å². The molecule has 2 aliphatic rings. The van der Waals surface area contributed by atoms with Gasteiger partial charge in [0.05, 0.1) is 11.2 Å². The molecule has 3 heterocycles. The lowest BCUT2D eigenvalue weighted by atomic mass is 9.35. The minimum atomic E-state index is 0.00253. The van der Waals surface area contributed by atoms with E-state index in [1.165, 1.54) is 16.8 Å². The van der Waals surface area contributed by atoms with Gasteiger partial charge in [-0.1, -0.05) is 113 Å². The van der Waals surface area contributed by atoms with Crippen molar-refractivity contribution in [3.63, 3.8) is 0 Å². The smallest absolute Gasteiger partial charge is 0.260 e. The van der Waals surface area contributed by atoms with Crippen molar-refractivity contribution >= 4 is 34.1 Å². The SMILES string of the molecule is CC(C)c1cccc(C(C)C)c1-n1c(-c2ccccc2)nc2cc3c4c(c21)Oc1ccccc1B4c1ccccc1O3. The Balaban J connectivity index is 1.55. The Morgan fingerprint density at radius 1 is 0.643 bits per heavy atom. The standard InChI is InChI=1S/C37H31BN2O2/c1-22(2)25-15-12-16-26(23(3)4)34(25)40-35-29(39-37(40)24-13-6-5-7-14-24)21-32-33-36(35)42-31-20-11-9-18-28(31)38(33)27-17-8-10-19-30(27)41-32/h5-23H,1-4H3. The third-order valence-electron chi connectivity index (χ3n) is 8.68. The molecule has 0 amide bonds. The number of hydrogen-bond acceptors (Lipinski definition) is 3. The molecular weight excluding hydrogens is 515 g/mol. The van der Waals surface area contributed by atoms with Crippen LogP contribution < -0.4 is 25.9 Å². The van der Waals surface area contributed by atoms with Crippen molar-refractivity contribution in [3.8, 4) is 40.1 Å². The van der Waals surface area contributed by atoms with Crippen molar-refractivity contribution in [3.05, 3.63) is 114 Å². The fourth-order valence-electron chi connectivity index (χ4n) is 6.76. The molecule has 0 bridgehead atoms. The summed E-state index contributed by atoms with van der Waals surface area (Å²) < 4.78 is 15.9. The third kappa shape index (κ3) is 3.59. The van der Waals surface area contributed by atoms with Gasteiger partial charge in [-0.05, 0) is 46.0 Å². The highest BCUT2D eigenvalue weighted by Crippen LogP contribution is 2.44. The van der Waals surface area contributed by atoms with Crippen LogP contribution in [0.1, 0.15) is 50.7 Å². The van der Waals surface area contributed by atoms with Crippen LogP contribution in [0.15, 0.2) is 103 Å². The van der Waals surface area contributed by atoms with Gasteiger partial charge in [-0.15, -0.1) is 0 Å². The van der Waals surface area contributed by atoms with E-state index >= 15 is 0 Å². The normalized spacial score (nSPS) is 13.0. The summed E-state index contributed by atoms with van der Waals surface area (Å²) in [6, 6.07) is 36.1. The largest absolute Gasteiger partial charge is 0.458 e. The molecule has 6 aromatic rings. The molecule has 5 heteroatoms. The number of para-hydroxylation sites is 3. The minimum Gasteiger partial charge on any atom is -0.458 e. The highest BCUT2D eigenvalue weighted by Gasteiger charge is 2.42. The van der Waals surface area contributed by atoms with Crippen molar-refractivity contribution in [2.45, 2.75) is 39.5 Å². The average Bonchev–Trinajstić information content (AvgIpc) is 3.40. The predicted octanol–water partition coefficient (Wildman–Crippen LogP) is 7.67. The van der Waals surface area contributed by atoms with E-state index < -0.39 is 0 Å². The quantitative estimate of drug-likeness (QED) is 0.213. The molecule has 8 rings (SSSR count). The predicted molar refractivity (Wildman–Crippen MR) is 172 cm³/mol. The number of rotatable bonds is 4. The first kappa shape index (κ1) is 25.0. The molecule has 4 nitrogen and oxygen atoms in total. The van der Waals surface area contributed by atoms with Crippen molar-refractivity contribution in [2.75, 3.05) is 0 Å². The van der Waals surface area contributed by atoms with Gasteiger partial charge in [-0.25, -0.2) is 4.98 Å². The molecule has 0 aliphatic carbocycles. The lowest BCUT2D eigenvalue weighted by Crippen LogP contribution is -2.57. The minimum absolute atomic E-state index is 0.00253. The highest BCUT2D eigenvalue weighted by atomic mass is 16.5. The summed E-state index contributed by atoms with van der Waals surface area (Å²) in [4.78, 5) is 5.34. The summed E-state index contributed by atoms with van der Waals surface area (Å²) in [5.74, 6) is 4.92. The van der Waals surface area contributed by atoms with E-state index in [4.69, 9.17) is 14.5 Å². The first-order valence-corrected chi connectivity index (χ1v) is 14.8. The van der Waals surface area contributed by atoms with Crippen LogP contribution in [0.2, 0.25) is 0 Å². The molecule has 0 unspecified atom stereocenters. The molecule has 1 aromatic heterocycles. The van der Waals surface area contributed by atoms with Crippen molar-refractivity contribution in [2.24, 2.45) is 0 Å². The van der Waals surface area contributed by atoms with Crippen LogP contribution in [0, 0.1) is 0 Å². The summed E-state index contributed by atoms with van der Waals surface area (Å²) >= 11 is 0. The molecule has 0 N–H and O–H groups in total. The zero-order valence-corrected chi connectivity index (χ0v) is 24.3. The van der Waals surface area contributed by atoms with Crippen LogP contribution in [-0.4, -0.2) is 16.3 Å². The molecule has 0 spiro atoms. The Morgan fingerprint density at radius 3 is 1.88 bits per heavy atom. The summed E-state index contributed by atoms with van der Waals surface area (Å²) in [5, 5.41) is 0. The van der Waals surface area contributed by atoms with E-state index in [1.807, 2.05) is 12.1 Å². The molecule has 204 valence electrons. The zero-order chi connectivity index (χ0) is 28.5. The highest BCUT2D eigenvalue weighted by molar-refractivity contribution is 6.98. The molecule has 0 saturated heterocycles. The van der Waals surface area contributed by atoms with Crippen LogP contribution in [-0.2, 0) is 0 Å². The van der Waals surface area contributed by atoms with Gasteiger partial charge in [0.1, 0.15) is 28.6 Å². The van der Waals surface area contributed by atoms with E-state index in [-0.39, 0.29) is 6.71 Å². The topological polar surface area (TPSA) is 36.3 Å². The second-order valence-electron chi connectivity index (χ2n) is 11.9. The summed E-state index contributed by atoms with van der Waals surface area (Å²) in [6.45, 7) is 9.07. The molecule has 2 aliphatic heterocycles. The second-order valence-corrected chi connectivity index (χ2v) is 11.9. The maximum Gasteiger partial charge on any atom is 0.260 e. The van der Waals surface area contributed by atoms with Gasteiger partial charge in [0, 0.05) is 17.1 Å². The maximum absolute atomic E-state index is 6.92. The molecule has 5 aromatic carbocycles. The van der Waals surface area contributed by atoms with Gasteiger partial charge in [0.2, 0.25) is 0 Å². The number of benzene rings is 5. The van der Waals surface area contributed by atoms with Crippen molar-refractivity contribution < 1.29 is 9.47 Å². The van der Waals surface area contributed by atoms with Crippen LogP contribution in [0.4, 0.5) is 0 Å². The maximum atomic E-state index is 6.92. The van der Waals surface area contributed by atoms with Gasteiger partial charge in [-0.2, -0.15) is 0 Å². The number of aromatic nitrogens is 2. The zero-order valence-electron chi connectivity index (χ0n) is 24.3. The Labute approximate surface area is 246 Å². The fraction of sp³-hybridized carbons (Fsp3) is 0.162. The number of nitrogens with zero attached hydrogens (tertiary/aromatic N) is 2. The van der Waals surface area contributed by atoms with Crippen LogP contribution in [0.5, 0.6) is 23.0 Å². The second kappa shape index (κ2) is 9.38. The van der Waals surface area contributed by atoms with E-state index in [9.17, 15) is 0 Å². The van der Waals surface area contributed by atoms with Gasteiger partial charge < -0.3 is 9.47 Å². The number of fused-ring (bicyclic) bond motifs is 6. The Kier molecular flexibility index (Phi) is 5.58. The number of ether oxygens (including phenoxy) is 2.